The van der Waals surface area contributed by atoms with Crippen LogP contribution in [0.15, 0.2) is 83.1 Å². The van der Waals surface area contributed by atoms with Crippen molar-refractivity contribution in [2.75, 3.05) is 18.8 Å². The number of hydrogen-bond acceptors (Lipinski definition) is 9. The maximum Gasteiger partial charge on any atom is 0.210 e. The molecule has 0 saturated carbocycles. The van der Waals surface area contributed by atoms with E-state index in [4.69, 9.17) is 16.4 Å². The molecule has 188 valence electrons. The van der Waals surface area contributed by atoms with Gasteiger partial charge in [0.15, 0.2) is 11.6 Å². The third-order valence-electron chi connectivity index (χ3n) is 5.70. The predicted molar refractivity (Wildman–Crippen MR) is 148 cm³/mol. The molecule has 9 nitrogen and oxygen atoms in total. The molecule has 0 unspecified atom stereocenters. The quantitative estimate of drug-likeness (QED) is 0.209. The molecule has 2 aromatic heterocycles. The second-order valence-corrected chi connectivity index (χ2v) is 10.2. The van der Waals surface area contributed by atoms with Crippen molar-refractivity contribution in [3.05, 3.63) is 89.5 Å². The lowest BCUT2D eigenvalue weighted by molar-refractivity contribution is 0.407. The molecule has 0 aliphatic rings. The maximum absolute atomic E-state index is 6.31. The van der Waals surface area contributed by atoms with E-state index >= 15 is 0 Å². The summed E-state index contributed by atoms with van der Waals surface area (Å²) >= 11 is 3.02. The SMILES string of the molecule is COc1c(CSc2nnc(-c3ccccc3)n2N)cc(C)cc1CSc1nnc(-c2ccccc2)n1N. The molecule has 0 bridgehead atoms. The Balaban J connectivity index is 1.33. The van der Waals surface area contributed by atoms with Gasteiger partial charge in [-0.3, -0.25) is 0 Å². The van der Waals surface area contributed by atoms with Crippen LogP contribution in [0.5, 0.6) is 5.75 Å². The van der Waals surface area contributed by atoms with Gasteiger partial charge in [-0.05, 0) is 6.92 Å². The second kappa shape index (κ2) is 11.0. The van der Waals surface area contributed by atoms with E-state index in [1.54, 1.807) is 7.11 Å². The van der Waals surface area contributed by atoms with Crippen molar-refractivity contribution in [1.82, 2.24) is 29.7 Å². The minimum atomic E-state index is 0.622. The number of aromatic nitrogens is 6. The molecule has 0 radical (unpaired) electrons. The summed E-state index contributed by atoms with van der Waals surface area (Å²) in [6.45, 7) is 2.07. The number of aryl methyl sites for hydroxylation is 1. The highest BCUT2D eigenvalue weighted by Gasteiger charge is 2.17. The Labute approximate surface area is 223 Å². The smallest absolute Gasteiger partial charge is 0.210 e. The first-order valence-electron chi connectivity index (χ1n) is 11.5. The molecular formula is C26H26N8OS2. The van der Waals surface area contributed by atoms with Crippen LogP contribution in [0.25, 0.3) is 22.8 Å². The number of rotatable bonds is 9. The van der Waals surface area contributed by atoms with E-state index in [9.17, 15) is 0 Å². The summed E-state index contributed by atoms with van der Waals surface area (Å²) in [5.41, 5.74) is 5.06. The first-order valence-corrected chi connectivity index (χ1v) is 13.5. The summed E-state index contributed by atoms with van der Waals surface area (Å²) in [6, 6.07) is 23.8. The van der Waals surface area contributed by atoms with E-state index in [1.165, 1.54) is 32.9 Å². The molecule has 0 aliphatic heterocycles. The molecule has 0 aliphatic carbocycles. The molecule has 0 atom stereocenters. The Morgan fingerprint density at radius 2 is 1.14 bits per heavy atom. The van der Waals surface area contributed by atoms with E-state index in [1.807, 2.05) is 60.7 Å². The maximum atomic E-state index is 6.31. The average Bonchev–Trinajstić information content (AvgIpc) is 3.48. The number of nitrogen functional groups attached to an aromatic ring is 2. The van der Waals surface area contributed by atoms with Crippen LogP contribution in [0, 0.1) is 6.92 Å². The van der Waals surface area contributed by atoms with Crippen molar-refractivity contribution >= 4 is 23.5 Å². The van der Waals surface area contributed by atoms with Crippen LogP contribution in [0.2, 0.25) is 0 Å². The zero-order valence-corrected chi connectivity index (χ0v) is 22.0. The number of nitrogens with two attached hydrogens (primary N) is 2. The Morgan fingerprint density at radius 1 is 0.703 bits per heavy atom. The number of ether oxygens (including phenoxy) is 1. The average molecular weight is 531 g/mol. The molecule has 5 rings (SSSR count). The summed E-state index contributed by atoms with van der Waals surface area (Å²) in [5.74, 6) is 15.9. The molecule has 0 fully saturated rings. The van der Waals surface area contributed by atoms with Gasteiger partial charge in [0, 0.05) is 33.8 Å². The van der Waals surface area contributed by atoms with Gasteiger partial charge < -0.3 is 16.4 Å². The van der Waals surface area contributed by atoms with Gasteiger partial charge >= 0.3 is 0 Å². The number of methoxy groups -OCH3 is 1. The normalized spacial score (nSPS) is 11.1. The van der Waals surface area contributed by atoms with Gasteiger partial charge in [-0.1, -0.05) is 102 Å². The minimum Gasteiger partial charge on any atom is -0.496 e. The first-order chi connectivity index (χ1) is 18.0. The molecule has 4 N–H and O–H groups in total. The number of nitrogens with zero attached hydrogens (tertiary/aromatic N) is 6. The Hall–Kier alpha value is -3.96. The van der Waals surface area contributed by atoms with Gasteiger partial charge in [-0.2, -0.15) is 0 Å². The molecule has 0 saturated heterocycles. The first kappa shape index (κ1) is 24.7. The third-order valence-corrected chi connectivity index (χ3v) is 7.68. The fraction of sp³-hybridized carbons (Fsp3) is 0.154. The van der Waals surface area contributed by atoms with Crippen LogP contribution in [0.3, 0.4) is 0 Å². The van der Waals surface area contributed by atoms with Crippen LogP contribution in [-0.4, -0.2) is 36.9 Å². The zero-order valence-electron chi connectivity index (χ0n) is 20.4. The summed E-state index contributed by atoms with van der Waals surface area (Å²) in [7, 11) is 1.69. The van der Waals surface area contributed by atoms with Crippen molar-refractivity contribution in [3.8, 4) is 28.5 Å². The Morgan fingerprint density at radius 3 is 1.54 bits per heavy atom. The lowest BCUT2D eigenvalue weighted by Gasteiger charge is -2.15. The molecule has 37 heavy (non-hydrogen) atoms. The number of hydrogen-bond donors (Lipinski definition) is 2. The van der Waals surface area contributed by atoms with Crippen molar-refractivity contribution in [1.29, 1.82) is 0 Å². The van der Waals surface area contributed by atoms with Crippen LogP contribution in [0.4, 0.5) is 0 Å². The van der Waals surface area contributed by atoms with Crippen molar-refractivity contribution in [2.24, 2.45) is 0 Å². The van der Waals surface area contributed by atoms with E-state index in [2.05, 4.69) is 39.5 Å². The van der Waals surface area contributed by atoms with Gasteiger partial charge in [0.25, 0.3) is 0 Å². The summed E-state index contributed by atoms with van der Waals surface area (Å²) in [6.07, 6.45) is 0. The van der Waals surface area contributed by atoms with Crippen LogP contribution in [0.1, 0.15) is 16.7 Å². The largest absolute Gasteiger partial charge is 0.496 e. The molecule has 11 heteroatoms. The highest BCUT2D eigenvalue weighted by atomic mass is 32.2. The monoisotopic (exact) mass is 530 g/mol. The summed E-state index contributed by atoms with van der Waals surface area (Å²) in [4.78, 5) is 0. The Bertz CT molecular complexity index is 1390. The Kier molecular flexibility index (Phi) is 7.33. The van der Waals surface area contributed by atoms with E-state index in [-0.39, 0.29) is 0 Å². The van der Waals surface area contributed by atoms with Gasteiger partial charge in [0.2, 0.25) is 10.3 Å². The molecule has 0 spiro atoms. The van der Waals surface area contributed by atoms with Gasteiger partial charge in [-0.15, -0.1) is 20.4 Å². The number of thioether (sulfide) groups is 2. The minimum absolute atomic E-state index is 0.622. The van der Waals surface area contributed by atoms with Gasteiger partial charge in [0.05, 0.1) is 7.11 Å². The molecule has 2 heterocycles. The topological polar surface area (TPSA) is 123 Å². The molecular weight excluding hydrogens is 504 g/mol. The second-order valence-electron chi connectivity index (χ2n) is 8.28. The van der Waals surface area contributed by atoms with Crippen LogP contribution >= 0.6 is 23.5 Å². The fourth-order valence-electron chi connectivity index (χ4n) is 4.01. The number of benzene rings is 3. The van der Waals surface area contributed by atoms with E-state index in [0.29, 0.717) is 33.5 Å². The van der Waals surface area contributed by atoms with E-state index < -0.39 is 0 Å². The third kappa shape index (κ3) is 5.27. The summed E-state index contributed by atoms with van der Waals surface area (Å²) < 4.78 is 8.89. The molecule has 5 aromatic rings. The van der Waals surface area contributed by atoms with Crippen LogP contribution < -0.4 is 16.4 Å². The zero-order chi connectivity index (χ0) is 25.8. The lowest BCUT2D eigenvalue weighted by atomic mass is 10.1. The molecule has 3 aromatic carbocycles. The predicted octanol–water partition coefficient (Wildman–Crippen LogP) is 4.53. The van der Waals surface area contributed by atoms with E-state index in [0.717, 1.165) is 33.6 Å². The van der Waals surface area contributed by atoms with Crippen LogP contribution in [-0.2, 0) is 11.5 Å². The molecule has 0 amide bonds. The summed E-state index contributed by atoms with van der Waals surface area (Å²) in [5, 5.41) is 18.4. The van der Waals surface area contributed by atoms with Crippen molar-refractivity contribution in [3.63, 3.8) is 0 Å². The highest BCUT2D eigenvalue weighted by Crippen LogP contribution is 2.35. The standard InChI is InChI=1S/C26H26N8OS2/c1-17-13-20(15-36-25-31-29-23(33(25)27)18-9-5-3-6-10-18)22(35-2)21(14-17)16-37-26-32-30-24(34(26)28)19-11-7-4-8-12-19/h3-14H,15-16,27-28H2,1-2H3. The highest BCUT2D eigenvalue weighted by molar-refractivity contribution is 7.98. The fourth-order valence-corrected chi connectivity index (χ4v) is 5.66. The lowest BCUT2D eigenvalue weighted by Crippen LogP contribution is -2.11. The van der Waals surface area contributed by atoms with Gasteiger partial charge in [0.1, 0.15) is 5.75 Å². The van der Waals surface area contributed by atoms with Crippen molar-refractivity contribution < 1.29 is 4.74 Å². The van der Waals surface area contributed by atoms with Crippen molar-refractivity contribution in [2.45, 2.75) is 28.7 Å². The van der Waals surface area contributed by atoms with Gasteiger partial charge in [-0.25, -0.2) is 9.35 Å².